The van der Waals surface area contributed by atoms with Gasteiger partial charge in [0, 0.05) is 4.88 Å². The third kappa shape index (κ3) is 3.87. The monoisotopic (exact) mass is 367 g/mol. The predicted molar refractivity (Wildman–Crippen MR) is 94.6 cm³/mol. The molecule has 0 aliphatic rings. The van der Waals surface area contributed by atoms with E-state index in [4.69, 9.17) is 4.74 Å². The molecule has 2 nitrogen and oxygen atoms in total. The Labute approximate surface area is 139 Å². The van der Waals surface area contributed by atoms with Crippen LogP contribution in [0, 0.1) is 13.8 Å². The normalized spacial score (nSPS) is 12.4. The number of thiophene rings is 1. The molecule has 0 saturated heterocycles. The minimum Gasteiger partial charge on any atom is -0.496 e. The van der Waals surface area contributed by atoms with Crippen LogP contribution in [-0.4, -0.2) is 13.7 Å². The molecule has 21 heavy (non-hydrogen) atoms. The summed E-state index contributed by atoms with van der Waals surface area (Å²) in [5.41, 5.74) is 3.75. The van der Waals surface area contributed by atoms with Gasteiger partial charge in [-0.05, 0) is 71.6 Å². The molecule has 2 aromatic rings. The molecule has 0 bridgehead atoms. The lowest BCUT2D eigenvalue weighted by atomic mass is 10.0. The number of hydrogen-bond acceptors (Lipinski definition) is 3. The van der Waals surface area contributed by atoms with Crippen molar-refractivity contribution in [1.82, 2.24) is 5.32 Å². The summed E-state index contributed by atoms with van der Waals surface area (Å²) in [7, 11) is 1.72. The zero-order valence-corrected chi connectivity index (χ0v) is 15.4. The minimum absolute atomic E-state index is 0.240. The number of aryl methyl sites for hydroxylation is 2. The van der Waals surface area contributed by atoms with Crippen LogP contribution in [0.1, 0.15) is 41.0 Å². The summed E-state index contributed by atoms with van der Waals surface area (Å²) < 4.78 is 6.58. The van der Waals surface area contributed by atoms with Gasteiger partial charge in [0.1, 0.15) is 5.75 Å². The molecule has 0 amide bonds. The molecule has 1 N–H and O–H groups in total. The summed E-state index contributed by atoms with van der Waals surface area (Å²) in [6, 6.07) is 8.93. The van der Waals surface area contributed by atoms with Gasteiger partial charge in [0.2, 0.25) is 0 Å². The number of halogens is 1. The van der Waals surface area contributed by atoms with Crippen molar-refractivity contribution in [2.45, 2.75) is 33.2 Å². The van der Waals surface area contributed by atoms with Gasteiger partial charge in [-0.15, -0.1) is 11.3 Å². The Bertz CT molecular complexity index is 589. The van der Waals surface area contributed by atoms with E-state index < -0.39 is 0 Å². The van der Waals surface area contributed by atoms with Gasteiger partial charge in [0.25, 0.3) is 0 Å². The van der Waals surface area contributed by atoms with E-state index in [1.807, 2.05) is 0 Å². The van der Waals surface area contributed by atoms with Crippen LogP contribution in [0.3, 0.4) is 0 Å². The molecule has 0 saturated carbocycles. The van der Waals surface area contributed by atoms with E-state index in [0.29, 0.717) is 0 Å². The second-order valence-corrected chi connectivity index (χ2v) is 7.62. The standard InChI is InChI=1S/C17H22BrNOS/c1-5-8-19-16(15-10-12(3)17(18)21-15)13-6-7-14(20-4)11(2)9-13/h6-7,9-10,16,19H,5,8H2,1-4H3. The summed E-state index contributed by atoms with van der Waals surface area (Å²) in [5, 5.41) is 3.66. The highest BCUT2D eigenvalue weighted by atomic mass is 79.9. The summed E-state index contributed by atoms with van der Waals surface area (Å²) >= 11 is 5.44. The van der Waals surface area contributed by atoms with Crippen LogP contribution in [0.5, 0.6) is 5.75 Å². The van der Waals surface area contributed by atoms with E-state index >= 15 is 0 Å². The van der Waals surface area contributed by atoms with Gasteiger partial charge in [0.05, 0.1) is 16.9 Å². The Morgan fingerprint density at radius 2 is 2.00 bits per heavy atom. The molecule has 0 radical (unpaired) electrons. The molecule has 0 aliphatic heterocycles. The Morgan fingerprint density at radius 3 is 2.52 bits per heavy atom. The van der Waals surface area contributed by atoms with Crippen LogP contribution in [0.2, 0.25) is 0 Å². The van der Waals surface area contributed by atoms with Crippen LogP contribution in [0.15, 0.2) is 28.1 Å². The lowest BCUT2D eigenvalue weighted by molar-refractivity contribution is 0.411. The third-order valence-electron chi connectivity index (χ3n) is 3.51. The predicted octanol–water partition coefficient (Wildman–Crippen LogP) is 5.23. The maximum Gasteiger partial charge on any atom is 0.121 e. The van der Waals surface area contributed by atoms with Gasteiger partial charge in [-0.3, -0.25) is 0 Å². The molecule has 1 unspecified atom stereocenters. The lowest BCUT2D eigenvalue weighted by Gasteiger charge is -2.19. The van der Waals surface area contributed by atoms with Gasteiger partial charge in [-0.1, -0.05) is 19.1 Å². The average molecular weight is 368 g/mol. The van der Waals surface area contributed by atoms with Crippen molar-refractivity contribution in [2.24, 2.45) is 0 Å². The molecule has 0 aliphatic carbocycles. The fourth-order valence-corrected chi connectivity index (χ4v) is 4.05. The molecule has 114 valence electrons. The van der Waals surface area contributed by atoms with Crippen molar-refractivity contribution in [3.63, 3.8) is 0 Å². The quantitative estimate of drug-likeness (QED) is 0.754. The number of benzene rings is 1. The molecule has 1 heterocycles. The summed E-state index contributed by atoms with van der Waals surface area (Å²) in [6.45, 7) is 7.43. The Hall–Kier alpha value is -0.840. The van der Waals surface area contributed by atoms with E-state index in [2.05, 4.69) is 66.3 Å². The van der Waals surface area contributed by atoms with Crippen LogP contribution >= 0.6 is 27.3 Å². The fraction of sp³-hybridized carbons (Fsp3) is 0.412. The maximum absolute atomic E-state index is 5.36. The SMILES string of the molecule is CCCNC(c1ccc(OC)c(C)c1)c1cc(C)c(Br)s1. The van der Waals surface area contributed by atoms with E-state index in [0.717, 1.165) is 18.7 Å². The molecule has 2 rings (SSSR count). The second kappa shape index (κ2) is 7.43. The largest absolute Gasteiger partial charge is 0.496 e. The van der Waals surface area contributed by atoms with Crippen LogP contribution in [-0.2, 0) is 0 Å². The highest BCUT2D eigenvalue weighted by molar-refractivity contribution is 9.11. The van der Waals surface area contributed by atoms with Gasteiger partial charge in [-0.2, -0.15) is 0 Å². The molecular weight excluding hydrogens is 346 g/mol. The number of rotatable bonds is 6. The van der Waals surface area contributed by atoms with E-state index in [9.17, 15) is 0 Å². The first-order chi connectivity index (χ1) is 10.1. The molecule has 4 heteroatoms. The average Bonchev–Trinajstić information content (AvgIpc) is 2.79. The highest BCUT2D eigenvalue weighted by Crippen LogP contribution is 2.35. The van der Waals surface area contributed by atoms with Gasteiger partial charge in [-0.25, -0.2) is 0 Å². The molecule has 1 atom stereocenters. The van der Waals surface area contributed by atoms with E-state index in [1.54, 1.807) is 18.4 Å². The summed E-state index contributed by atoms with van der Waals surface area (Å²) in [4.78, 5) is 1.34. The van der Waals surface area contributed by atoms with Crippen LogP contribution in [0.4, 0.5) is 0 Å². The minimum atomic E-state index is 0.240. The zero-order valence-electron chi connectivity index (χ0n) is 13.0. The van der Waals surface area contributed by atoms with Crippen molar-refractivity contribution >= 4 is 27.3 Å². The van der Waals surface area contributed by atoms with Crippen LogP contribution in [0.25, 0.3) is 0 Å². The molecule has 0 fully saturated rings. The first-order valence-electron chi connectivity index (χ1n) is 7.20. The maximum atomic E-state index is 5.36. The third-order valence-corrected chi connectivity index (χ3v) is 5.71. The Morgan fingerprint density at radius 1 is 1.24 bits per heavy atom. The summed E-state index contributed by atoms with van der Waals surface area (Å²) in [6.07, 6.45) is 1.12. The molecular formula is C17H22BrNOS. The number of hydrogen-bond donors (Lipinski definition) is 1. The number of methoxy groups -OCH3 is 1. The smallest absolute Gasteiger partial charge is 0.121 e. The van der Waals surface area contributed by atoms with Crippen molar-refractivity contribution in [3.05, 3.63) is 49.6 Å². The first kappa shape index (κ1) is 16.5. The Balaban J connectivity index is 2.37. The van der Waals surface area contributed by atoms with Gasteiger partial charge in [0.15, 0.2) is 0 Å². The second-order valence-electron chi connectivity index (χ2n) is 5.22. The highest BCUT2D eigenvalue weighted by Gasteiger charge is 2.17. The van der Waals surface area contributed by atoms with Crippen molar-refractivity contribution < 1.29 is 4.74 Å². The van der Waals surface area contributed by atoms with Gasteiger partial charge < -0.3 is 10.1 Å². The van der Waals surface area contributed by atoms with Crippen LogP contribution < -0.4 is 10.1 Å². The van der Waals surface area contributed by atoms with Crippen molar-refractivity contribution in [3.8, 4) is 5.75 Å². The Kier molecular flexibility index (Phi) is 5.85. The van der Waals surface area contributed by atoms with E-state index in [1.165, 1.54) is 25.4 Å². The first-order valence-corrected chi connectivity index (χ1v) is 8.81. The molecule has 1 aromatic carbocycles. The lowest BCUT2D eigenvalue weighted by Crippen LogP contribution is -2.22. The van der Waals surface area contributed by atoms with Crippen molar-refractivity contribution in [2.75, 3.05) is 13.7 Å². The topological polar surface area (TPSA) is 21.3 Å². The zero-order chi connectivity index (χ0) is 15.4. The van der Waals surface area contributed by atoms with E-state index in [-0.39, 0.29) is 6.04 Å². The molecule has 0 spiro atoms. The summed E-state index contributed by atoms with van der Waals surface area (Å²) in [5.74, 6) is 0.941. The van der Waals surface area contributed by atoms with Crippen molar-refractivity contribution in [1.29, 1.82) is 0 Å². The molecule has 1 aromatic heterocycles. The number of nitrogens with one attached hydrogen (secondary N) is 1. The number of ether oxygens (including phenoxy) is 1. The van der Waals surface area contributed by atoms with Gasteiger partial charge >= 0.3 is 0 Å². The fourth-order valence-electron chi connectivity index (χ4n) is 2.38.